The van der Waals surface area contributed by atoms with Gasteiger partial charge in [-0.1, -0.05) is 16.8 Å². The van der Waals surface area contributed by atoms with Crippen LogP contribution in [0.15, 0.2) is 22.7 Å². The summed E-state index contributed by atoms with van der Waals surface area (Å²) in [7, 11) is 0. The second kappa shape index (κ2) is 7.38. The first kappa shape index (κ1) is 16.4. The van der Waals surface area contributed by atoms with Crippen molar-refractivity contribution in [2.24, 2.45) is 5.92 Å². The third kappa shape index (κ3) is 4.07. The fourth-order valence-electron chi connectivity index (χ4n) is 2.84. The topological polar surface area (TPSA) is 60.2 Å². The Kier molecular flexibility index (Phi) is 5.25. The minimum Gasteiger partial charge on any atom is -0.381 e. The third-order valence-corrected chi connectivity index (χ3v) is 4.30. The fraction of sp³-hybridized carbons (Fsp3) is 0.500. The maximum atomic E-state index is 13.9. The summed E-state index contributed by atoms with van der Waals surface area (Å²) >= 11 is 5.95. The van der Waals surface area contributed by atoms with Gasteiger partial charge in [-0.3, -0.25) is 0 Å². The zero-order chi connectivity index (χ0) is 16.2. The van der Waals surface area contributed by atoms with Crippen LogP contribution in [0.3, 0.4) is 0 Å². The van der Waals surface area contributed by atoms with Gasteiger partial charge in [0, 0.05) is 30.3 Å². The van der Waals surface area contributed by atoms with Gasteiger partial charge in [0.1, 0.15) is 5.82 Å². The van der Waals surface area contributed by atoms with Crippen LogP contribution in [0.1, 0.15) is 36.2 Å². The van der Waals surface area contributed by atoms with E-state index < -0.39 is 0 Å². The highest BCUT2D eigenvalue weighted by Crippen LogP contribution is 2.30. The predicted molar refractivity (Wildman–Crippen MR) is 83.6 cm³/mol. The van der Waals surface area contributed by atoms with Gasteiger partial charge in [-0.25, -0.2) is 4.39 Å². The summed E-state index contributed by atoms with van der Waals surface area (Å²) in [5.74, 6) is 1.16. The molecule has 1 aliphatic heterocycles. The summed E-state index contributed by atoms with van der Waals surface area (Å²) in [5, 5.41) is 7.73. The molecule has 3 rings (SSSR count). The van der Waals surface area contributed by atoms with Crippen molar-refractivity contribution in [3.8, 4) is 0 Å². The lowest BCUT2D eigenvalue weighted by Gasteiger charge is -2.28. The number of benzene rings is 1. The molecule has 1 atom stereocenters. The van der Waals surface area contributed by atoms with Crippen LogP contribution in [-0.4, -0.2) is 23.4 Å². The van der Waals surface area contributed by atoms with Crippen LogP contribution in [0.2, 0.25) is 5.02 Å². The molecule has 2 aromatic rings. The number of ether oxygens (including phenoxy) is 1. The molecule has 0 amide bonds. The first-order valence-corrected chi connectivity index (χ1v) is 8.06. The Morgan fingerprint density at radius 3 is 2.87 bits per heavy atom. The Balaban J connectivity index is 1.76. The standard InChI is InChI=1S/C16H19ClFN3O2/c1-10-20-16(23-21-10)15(11-4-6-22-7-5-11)19-9-12-8-13(17)2-3-14(12)18/h2-3,8,11,15,19H,4-7,9H2,1H3. The van der Waals surface area contributed by atoms with Crippen LogP contribution in [0.25, 0.3) is 0 Å². The van der Waals surface area contributed by atoms with E-state index in [0.717, 1.165) is 12.8 Å². The van der Waals surface area contributed by atoms with Crippen LogP contribution in [0.4, 0.5) is 4.39 Å². The maximum absolute atomic E-state index is 13.9. The predicted octanol–water partition coefficient (Wildman–Crippen LogP) is 3.43. The molecule has 1 fully saturated rings. The van der Waals surface area contributed by atoms with E-state index >= 15 is 0 Å². The lowest BCUT2D eigenvalue weighted by molar-refractivity contribution is 0.0485. The number of nitrogens with one attached hydrogen (secondary N) is 1. The minimum absolute atomic E-state index is 0.126. The number of halogens is 2. The van der Waals surface area contributed by atoms with E-state index in [1.807, 2.05) is 0 Å². The van der Waals surface area contributed by atoms with Gasteiger partial charge < -0.3 is 14.6 Å². The zero-order valence-electron chi connectivity index (χ0n) is 12.9. The van der Waals surface area contributed by atoms with Crippen LogP contribution in [-0.2, 0) is 11.3 Å². The van der Waals surface area contributed by atoms with Crippen molar-refractivity contribution < 1.29 is 13.7 Å². The highest BCUT2D eigenvalue weighted by Gasteiger charge is 2.29. The molecule has 5 nitrogen and oxygen atoms in total. The van der Waals surface area contributed by atoms with E-state index in [1.165, 1.54) is 12.1 Å². The van der Waals surface area contributed by atoms with Gasteiger partial charge >= 0.3 is 0 Å². The molecule has 0 saturated carbocycles. The number of hydrogen-bond donors (Lipinski definition) is 1. The smallest absolute Gasteiger partial charge is 0.244 e. The molecule has 1 N–H and O–H groups in total. The van der Waals surface area contributed by atoms with Gasteiger partial charge in [0.05, 0.1) is 6.04 Å². The van der Waals surface area contributed by atoms with Gasteiger partial charge in [-0.05, 0) is 43.9 Å². The Hall–Kier alpha value is -1.50. The zero-order valence-corrected chi connectivity index (χ0v) is 13.6. The Morgan fingerprint density at radius 1 is 1.39 bits per heavy atom. The lowest BCUT2D eigenvalue weighted by atomic mass is 9.91. The summed E-state index contributed by atoms with van der Waals surface area (Å²) in [6.45, 7) is 3.55. The summed E-state index contributed by atoms with van der Waals surface area (Å²) < 4.78 is 24.7. The van der Waals surface area contributed by atoms with Crippen molar-refractivity contribution in [2.75, 3.05) is 13.2 Å². The highest BCUT2D eigenvalue weighted by atomic mass is 35.5. The minimum atomic E-state index is -0.283. The number of nitrogens with zero attached hydrogens (tertiary/aromatic N) is 2. The van der Waals surface area contributed by atoms with E-state index in [2.05, 4.69) is 15.5 Å². The van der Waals surface area contributed by atoms with Gasteiger partial charge in [0.15, 0.2) is 5.82 Å². The van der Waals surface area contributed by atoms with E-state index in [0.29, 0.717) is 48.0 Å². The molecule has 7 heteroatoms. The Labute approximate surface area is 139 Å². The van der Waals surface area contributed by atoms with Crippen LogP contribution in [0.5, 0.6) is 0 Å². The molecule has 1 aliphatic rings. The maximum Gasteiger partial charge on any atom is 0.244 e. The van der Waals surface area contributed by atoms with Crippen molar-refractivity contribution in [3.63, 3.8) is 0 Å². The number of aryl methyl sites for hydroxylation is 1. The van der Waals surface area contributed by atoms with Gasteiger partial charge in [0.2, 0.25) is 5.89 Å². The summed E-state index contributed by atoms with van der Waals surface area (Å²) in [6, 6.07) is 4.42. The third-order valence-electron chi connectivity index (χ3n) is 4.07. The number of rotatable bonds is 5. The van der Waals surface area contributed by atoms with E-state index in [9.17, 15) is 4.39 Å². The van der Waals surface area contributed by atoms with Gasteiger partial charge in [-0.2, -0.15) is 4.98 Å². The monoisotopic (exact) mass is 339 g/mol. The van der Waals surface area contributed by atoms with Crippen LogP contribution < -0.4 is 5.32 Å². The first-order valence-electron chi connectivity index (χ1n) is 7.69. The fourth-order valence-corrected chi connectivity index (χ4v) is 3.04. The van der Waals surface area contributed by atoms with Crippen LogP contribution in [0, 0.1) is 18.7 Å². The van der Waals surface area contributed by atoms with Crippen LogP contribution >= 0.6 is 11.6 Å². The average molecular weight is 340 g/mol. The molecule has 0 bridgehead atoms. The molecule has 0 radical (unpaired) electrons. The Morgan fingerprint density at radius 2 is 2.17 bits per heavy atom. The summed E-state index contributed by atoms with van der Waals surface area (Å²) in [6.07, 6.45) is 1.80. The molecule has 1 aromatic carbocycles. The average Bonchev–Trinajstić information content (AvgIpc) is 2.98. The molecular formula is C16H19ClFN3O2. The van der Waals surface area contributed by atoms with E-state index in [-0.39, 0.29) is 11.9 Å². The molecule has 0 spiro atoms. The molecule has 0 aliphatic carbocycles. The van der Waals surface area contributed by atoms with Gasteiger partial charge in [0.25, 0.3) is 0 Å². The van der Waals surface area contributed by atoms with E-state index in [1.54, 1.807) is 13.0 Å². The molecule has 2 heterocycles. The second-order valence-electron chi connectivity index (χ2n) is 5.72. The van der Waals surface area contributed by atoms with Crippen molar-refractivity contribution in [1.82, 2.24) is 15.5 Å². The largest absolute Gasteiger partial charge is 0.381 e. The molecular weight excluding hydrogens is 321 g/mol. The SMILES string of the molecule is Cc1noc(C(NCc2cc(Cl)ccc2F)C2CCOCC2)n1. The normalized spacial score (nSPS) is 17.3. The molecule has 23 heavy (non-hydrogen) atoms. The number of hydrogen-bond acceptors (Lipinski definition) is 5. The summed E-state index contributed by atoms with van der Waals surface area (Å²) in [5.41, 5.74) is 0.519. The quantitative estimate of drug-likeness (QED) is 0.904. The second-order valence-corrected chi connectivity index (χ2v) is 6.16. The molecule has 124 valence electrons. The highest BCUT2D eigenvalue weighted by molar-refractivity contribution is 6.30. The summed E-state index contributed by atoms with van der Waals surface area (Å²) in [4.78, 5) is 4.34. The molecule has 1 saturated heterocycles. The van der Waals surface area contributed by atoms with Crippen molar-refractivity contribution >= 4 is 11.6 Å². The number of aromatic nitrogens is 2. The van der Waals surface area contributed by atoms with Crippen molar-refractivity contribution in [1.29, 1.82) is 0 Å². The first-order chi connectivity index (χ1) is 11.1. The van der Waals surface area contributed by atoms with Gasteiger partial charge in [-0.15, -0.1) is 0 Å². The Bertz CT molecular complexity index is 659. The molecule has 1 aromatic heterocycles. The lowest BCUT2D eigenvalue weighted by Crippen LogP contribution is -2.32. The van der Waals surface area contributed by atoms with Crippen molar-refractivity contribution in [3.05, 3.63) is 46.3 Å². The van der Waals surface area contributed by atoms with E-state index in [4.69, 9.17) is 20.9 Å². The molecule has 1 unspecified atom stereocenters. The van der Waals surface area contributed by atoms with Crippen molar-refractivity contribution in [2.45, 2.75) is 32.4 Å².